The van der Waals surface area contributed by atoms with Crippen LogP contribution in [0, 0.1) is 0 Å². The molecule has 0 amide bonds. The summed E-state index contributed by atoms with van der Waals surface area (Å²) < 4.78 is 1.92. The minimum atomic E-state index is 0.543. The van der Waals surface area contributed by atoms with Gasteiger partial charge < -0.3 is 26.2 Å². The van der Waals surface area contributed by atoms with E-state index in [-0.39, 0.29) is 0 Å². The zero-order chi connectivity index (χ0) is 25.7. The summed E-state index contributed by atoms with van der Waals surface area (Å²) in [6.07, 6.45) is 7.92. The molecule has 2 aromatic heterocycles. The average molecular weight is 509 g/mol. The Morgan fingerprint density at radius 3 is 2.70 bits per heavy atom. The number of fused-ring (bicyclic) bond motifs is 1. The van der Waals surface area contributed by atoms with Crippen LogP contribution in [0.15, 0.2) is 30.5 Å². The second kappa shape index (κ2) is 14.8. The first kappa shape index (κ1) is 27.2. The first-order chi connectivity index (χ1) is 18.3. The topological polar surface area (TPSA) is 108 Å². The molecule has 3 heterocycles. The largest absolute Gasteiger partial charge is 0.353 e. The van der Waals surface area contributed by atoms with E-state index in [1.165, 1.54) is 19.3 Å². The fourth-order valence-corrected chi connectivity index (χ4v) is 4.76. The molecule has 1 aliphatic heterocycles. The number of nitrogens with zero attached hydrogens (tertiary/aromatic N) is 6. The van der Waals surface area contributed by atoms with Gasteiger partial charge in [0.05, 0.1) is 18.3 Å². The van der Waals surface area contributed by atoms with Crippen molar-refractivity contribution in [3.8, 4) is 0 Å². The van der Waals surface area contributed by atoms with Gasteiger partial charge in [-0.25, -0.2) is 4.98 Å². The monoisotopic (exact) mass is 508 g/mol. The van der Waals surface area contributed by atoms with E-state index in [1.807, 2.05) is 29.1 Å². The number of para-hydroxylation sites is 1. The van der Waals surface area contributed by atoms with E-state index in [4.69, 9.17) is 9.97 Å². The summed E-state index contributed by atoms with van der Waals surface area (Å²) in [5, 5.41) is 23.7. The summed E-state index contributed by atoms with van der Waals surface area (Å²) >= 11 is 0. The molecule has 37 heavy (non-hydrogen) atoms. The van der Waals surface area contributed by atoms with Crippen LogP contribution in [-0.2, 0) is 13.1 Å². The lowest BCUT2D eigenvalue weighted by Crippen LogP contribution is -2.44. The Morgan fingerprint density at radius 2 is 1.86 bits per heavy atom. The quantitative estimate of drug-likeness (QED) is 0.217. The lowest BCUT2D eigenvalue weighted by Gasteiger charge is -2.29. The molecule has 1 aromatic carbocycles. The third-order valence-corrected chi connectivity index (χ3v) is 6.85. The predicted octanol–water partition coefficient (Wildman–Crippen LogP) is 2.78. The molecule has 0 aliphatic carbocycles. The van der Waals surface area contributed by atoms with E-state index in [0.717, 1.165) is 87.6 Å². The number of aryl methyl sites for hydroxylation is 1. The second-order valence-corrected chi connectivity index (χ2v) is 9.76. The zero-order valence-corrected chi connectivity index (χ0v) is 22.5. The van der Waals surface area contributed by atoms with E-state index >= 15 is 0 Å². The smallest absolute Gasteiger partial charge is 0.225 e. The highest BCUT2D eigenvalue weighted by molar-refractivity contribution is 5.90. The molecule has 0 saturated carbocycles. The molecule has 1 atom stereocenters. The van der Waals surface area contributed by atoms with Gasteiger partial charge >= 0.3 is 0 Å². The fraction of sp³-hybridized carbons (Fsp3) is 0.630. The summed E-state index contributed by atoms with van der Waals surface area (Å²) in [4.78, 5) is 11.9. The average Bonchev–Trinajstić information content (AvgIpc) is 3.40. The number of hydrogen-bond donors (Lipinski definition) is 4. The van der Waals surface area contributed by atoms with Crippen LogP contribution in [0.4, 0.5) is 11.8 Å². The van der Waals surface area contributed by atoms with Crippen molar-refractivity contribution in [2.75, 3.05) is 56.0 Å². The Labute approximate surface area is 221 Å². The predicted molar refractivity (Wildman–Crippen MR) is 151 cm³/mol. The second-order valence-electron chi connectivity index (χ2n) is 9.76. The summed E-state index contributed by atoms with van der Waals surface area (Å²) in [5.41, 5.74) is 1.84. The number of anilines is 2. The van der Waals surface area contributed by atoms with Gasteiger partial charge in [0, 0.05) is 44.2 Å². The number of piperazine rings is 1. The molecule has 4 rings (SSSR count). The lowest BCUT2D eigenvalue weighted by atomic mass is 10.1. The van der Waals surface area contributed by atoms with Gasteiger partial charge in [-0.3, -0.25) is 4.68 Å². The Kier molecular flexibility index (Phi) is 10.9. The zero-order valence-electron chi connectivity index (χ0n) is 22.5. The molecule has 10 heteroatoms. The third kappa shape index (κ3) is 8.34. The van der Waals surface area contributed by atoms with Gasteiger partial charge in [0.15, 0.2) is 0 Å². The van der Waals surface area contributed by atoms with Crippen LogP contribution in [0.25, 0.3) is 10.9 Å². The van der Waals surface area contributed by atoms with E-state index < -0.39 is 0 Å². The fourth-order valence-electron chi connectivity index (χ4n) is 4.76. The molecule has 10 nitrogen and oxygen atoms in total. The van der Waals surface area contributed by atoms with Gasteiger partial charge in [-0.15, -0.1) is 5.10 Å². The molecule has 1 fully saturated rings. The summed E-state index contributed by atoms with van der Waals surface area (Å²) in [6.45, 7) is 12.9. The van der Waals surface area contributed by atoms with Gasteiger partial charge in [-0.2, -0.15) is 4.98 Å². The van der Waals surface area contributed by atoms with E-state index in [9.17, 15) is 0 Å². The first-order valence-corrected chi connectivity index (χ1v) is 14.1. The van der Waals surface area contributed by atoms with E-state index in [0.29, 0.717) is 18.5 Å². The molecule has 1 aliphatic rings. The molecule has 1 unspecified atom stereocenters. The van der Waals surface area contributed by atoms with Crippen LogP contribution in [-0.4, -0.2) is 76.8 Å². The maximum atomic E-state index is 4.87. The molecule has 3 aromatic rings. The Balaban J connectivity index is 1.19. The Bertz CT molecular complexity index is 1060. The van der Waals surface area contributed by atoms with Gasteiger partial charge in [0.2, 0.25) is 5.95 Å². The molecule has 0 radical (unpaired) electrons. The van der Waals surface area contributed by atoms with Crippen molar-refractivity contribution in [2.45, 2.75) is 65.1 Å². The van der Waals surface area contributed by atoms with Crippen molar-refractivity contribution in [2.24, 2.45) is 0 Å². The van der Waals surface area contributed by atoms with Gasteiger partial charge in [-0.05, 0) is 57.5 Å². The molecular weight excluding hydrogens is 464 g/mol. The standard InChI is InChI=1S/C27H44N10/c1-3-9-22(4-2)30-14-7-12-28-13-8-17-37-21-23(34-35-37)20-31-27-32-25-11-6-5-10-24(25)26(33-27)36-18-15-29-16-19-36/h5-6,10-11,21-22,28-30H,3-4,7-9,12-20H2,1-2H3,(H,31,32,33). The number of rotatable bonds is 16. The van der Waals surface area contributed by atoms with Crippen LogP contribution >= 0.6 is 0 Å². The van der Waals surface area contributed by atoms with Crippen LogP contribution in [0.1, 0.15) is 51.6 Å². The SMILES string of the molecule is CCCC(CC)NCCCNCCCn1cc(CNc2nc(N3CCNCC3)c3ccccc3n2)nn1. The van der Waals surface area contributed by atoms with Gasteiger partial charge in [-0.1, -0.05) is 37.6 Å². The Morgan fingerprint density at radius 1 is 1.03 bits per heavy atom. The Hall–Kier alpha value is -2.82. The highest BCUT2D eigenvalue weighted by Crippen LogP contribution is 2.25. The summed E-state index contributed by atoms with van der Waals surface area (Å²) in [6, 6.07) is 8.88. The minimum Gasteiger partial charge on any atom is -0.353 e. The van der Waals surface area contributed by atoms with Crippen LogP contribution in [0.2, 0.25) is 0 Å². The van der Waals surface area contributed by atoms with Crippen molar-refractivity contribution in [1.29, 1.82) is 0 Å². The molecule has 1 saturated heterocycles. The number of benzene rings is 1. The molecule has 0 bridgehead atoms. The highest BCUT2D eigenvalue weighted by Gasteiger charge is 2.17. The third-order valence-electron chi connectivity index (χ3n) is 6.85. The highest BCUT2D eigenvalue weighted by atomic mass is 15.4. The summed E-state index contributed by atoms with van der Waals surface area (Å²) in [5.74, 6) is 1.62. The lowest BCUT2D eigenvalue weighted by molar-refractivity contribution is 0.451. The molecular formula is C27H44N10. The minimum absolute atomic E-state index is 0.543. The number of hydrogen-bond acceptors (Lipinski definition) is 9. The van der Waals surface area contributed by atoms with Crippen LogP contribution in [0.3, 0.4) is 0 Å². The van der Waals surface area contributed by atoms with Crippen molar-refractivity contribution in [1.82, 2.24) is 40.9 Å². The molecule has 0 spiro atoms. The van der Waals surface area contributed by atoms with Crippen LogP contribution in [0.5, 0.6) is 0 Å². The maximum absolute atomic E-state index is 4.87. The van der Waals surface area contributed by atoms with Crippen LogP contribution < -0.4 is 26.2 Å². The van der Waals surface area contributed by atoms with E-state index in [2.05, 4.69) is 56.4 Å². The number of aromatic nitrogens is 5. The van der Waals surface area contributed by atoms with E-state index in [1.54, 1.807) is 0 Å². The number of nitrogens with one attached hydrogen (secondary N) is 4. The van der Waals surface area contributed by atoms with Crippen molar-refractivity contribution in [3.63, 3.8) is 0 Å². The van der Waals surface area contributed by atoms with Gasteiger partial charge in [0.25, 0.3) is 0 Å². The van der Waals surface area contributed by atoms with Crippen molar-refractivity contribution in [3.05, 3.63) is 36.2 Å². The molecule has 4 N–H and O–H groups in total. The summed E-state index contributed by atoms with van der Waals surface area (Å²) in [7, 11) is 0. The van der Waals surface area contributed by atoms with Crippen molar-refractivity contribution < 1.29 is 0 Å². The molecule has 202 valence electrons. The first-order valence-electron chi connectivity index (χ1n) is 14.1. The maximum Gasteiger partial charge on any atom is 0.225 e. The normalized spacial score (nSPS) is 14.8. The van der Waals surface area contributed by atoms with Gasteiger partial charge in [0.1, 0.15) is 11.5 Å². The van der Waals surface area contributed by atoms with Crippen molar-refractivity contribution >= 4 is 22.7 Å².